The maximum Gasteiger partial charge on any atom is 0.394 e. The number of benzene rings is 1. The van der Waals surface area contributed by atoms with E-state index in [1.807, 2.05) is 23.1 Å². The third-order valence-electron chi connectivity index (χ3n) is 4.30. The van der Waals surface area contributed by atoms with E-state index in [2.05, 4.69) is 12.1 Å². The summed E-state index contributed by atoms with van der Waals surface area (Å²) >= 11 is 0. The topological polar surface area (TPSA) is 29.3 Å². The van der Waals surface area contributed by atoms with Crippen molar-refractivity contribution < 1.29 is 13.2 Å². The molecule has 1 saturated heterocycles. The highest BCUT2D eigenvalue weighted by atomic mass is 19.4. The zero-order valence-corrected chi connectivity index (χ0v) is 12.1. The Labute approximate surface area is 124 Å². The normalized spacial score (nSPS) is 19.6. The van der Waals surface area contributed by atoms with Crippen molar-refractivity contribution in [1.82, 2.24) is 4.90 Å². The minimum absolute atomic E-state index is 0.0397. The minimum atomic E-state index is -4.18. The van der Waals surface area contributed by atoms with Crippen LogP contribution < -0.4 is 5.73 Å². The second-order valence-electron chi connectivity index (χ2n) is 5.91. The van der Waals surface area contributed by atoms with Gasteiger partial charge >= 0.3 is 6.18 Å². The Hall–Kier alpha value is -1.07. The molecule has 1 fully saturated rings. The molecular weight excluding hydrogens is 277 g/mol. The van der Waals surface area contributed by atoms with Crippen molar-refractivity contribution in [1.29, 1.82) is 0 Å². The van der Waals surface area contributed by atoms with Crippen LogP contribution in [0.5, 0.6) is 0 Å². The van der Waals surface area contributed by atoms with E-state index in [4.69, 9.17) is 5.73 Å². The van der Waals surface area contributed by atoms with Crippen molar-refractivity contribution in [3.63, 3.8) is 0 Å². The fraction of sp³-hybridized carbons (Fsp3) is 0.625. The van der Waals surface area contributed by atoms with Crippen LogP contribution >= 0.6 is 0 Å². The van der Waals surface area contributed by atoms with Gasteiger partial charge in [-0.15, -0.1) is 0 Å². The third-order valence-corrected chi connectivity index (χ3v) is 4.30. The molecule has 0 radical (unpaired) electrons. The van der Waals surface area contributed by atoms with Gasteiger partial charge in [0.25, 0.3) is 0 Å². The van der Waals surface area contributed by atoms with Crippen LogP contribution in [0.4, 0.5) is 13.2 Å². The first-order valence-corrected chi connectivity index (χ1v) is 7.52. The Kier molecular flexibility index (Phi) is 5.65. The number of hydrogen-bond donors (Lipinski definition) is 1. The molecule has 2 N–H and O–H groups in total. The van der Waals surface area contributed by atoms with Crippen molar-refractivity contribution in [3.05, 3.63) is 35.9 Å². The zero-order valence-electron chi connectivity index (χ0n) is 12.1. The standard InChI is InChI=1S/C16H23F3N2/c17-16(18,19)15(11-20)12-21-8-6-14(7-9-21)10-13-4-2-1-3-5-13/h1-5,14-15H,6-12,20H2. The molecule has 1 aromatic carbocycles. The lowest BCUT2D eigenvalue weighted by Crippen LogP contribution is -2.44. The molecule has 0 saturated carbocycles. The Bertz CT molecular complexity index is 411. The van der Waals surface area contributed by atoms with Crippen LogP contribution in [0, 0.1) is 11.8 Å². The maximum absolute atomic E-state index is 12.7. The predicted molar refractivity (Wildman–Crippen MR) is 77.9 cm³/mol. The molecule has 5 heteroatoms. The van der Waals surface area contributed by atoms with Crippen molar-refractivity contribution in [2.45, 2.75) is 25.4 Å². The molecule has 2 nitrogen and oxygen atoms in total. The molecule has 0 amide bonds. The van der Waals surface area contributed by atoms with E-state index in [0.29, 0.717) is 5.92 Å². The number of nitrogens with two attached hydrogens (primary N) is 1. The van der Waals surface area contributed by atoms with Gasteiger partial charge in [-0.2, -0.15) is 13.2 Å². The summed E-state index contributed by atoms with van der Waals surface area (Å²) in [7, 11) is 0. The summed E-state index contributed by atoms with van der Waals surface area (Å²) in [5.74, 6) is -0.825. The smallest absolute Gasteiger partial charge is 0.330 e. The monoisotopic (exact) mass is 300 g/mol. The van der Waals surface area contributed by atoms with Crippen LogP contribution in [-0.2, 0) is 6.42 Å². The van der Waals surface area contributed by atoms with Gasteiger partial charge in [0.2, 0.25) is 0 Å². The average molecular weight is 300 g/mol. The van der Waals surface area contributed by atoms with Gasteiger partial charge in [0, 0.05) is 13.1 Å². The summed E-state index contributed by atoms with van der Waals surface area (Å²) in [6.45, 7) is 1.19. The van der Waals surface area contributed by atoms with Gasteiger partial charge < -0.3 is 10.6 Å². The largest absolute Gasteiger partial charge is 0.394 e. The van der Waals surface area contributed by atoms with Crippen LogP contribution in [-0.4, -0.2) is 37.3 Å². The first kappa shape index (κ1) is 16.3. The number of halogens is 3. The van der Waals surface area contributed by atoms with Crippen LogP contribution in [0.15, 0.2) is 30.3 Å². The highest BCUT2D eigenvalue weighted by molar-refractivity contribution is 5.15. The van der Waals surface area contributed by atoms with E-state index in [1.54, 1.807) is 0 Å². The summed E-state index contributed by atoms with van der Waals surface area (Å²) in [4.78, 5) is 1.91. The molecule has 1 aliphatic heterocycles. The van der Waals surface area contributed by atoms with Crippen molar-refractivity contribution >= 4 is 0 Å². The molecular formula is C16H23F3N2. The third kappa shape index (κ3) is 5.00. The molecule has 1 aromatic rings. The molecule has 1 aliphatic rings. The van der Waals surface area contributed by atoms with Gasteiger partial charge in [0.05, 0.1) is 5.92 Å². The summed E-state index contributed by atoms with van der Waals surface area (Å²) in [5, 5.41) is 0. The second-order valence-corrected chi connectivity index (χ2v) is 5.91. The molecule has 1 atom stereocenters. The average Bonchev–Trinajstić information content (AvgIpc) is 2.46. The van der Waals surface area contributed by atoms with E-state index in [-0.39, 0.29) is 13.1 Å². The summed E-state index contributed by atoms with van der Waals surface area (Å²) in [6, 6.07) is 10.3. The van der Waals surface area contributed by atoms with Gasteiger partial charge in [0.15, 0.2) is 0 Å². The van der Waals surface area contributed by atoms with Crippen LogP contribution in [0.25, 0.3) is 0 Å². The molecule has 118 valence electrons. The first-order valence-electron chi connectivity index (χ1n) is 7.52. The number of piperidine rings is 1. The van der Waals surface area contributed by atoms with E-state index in [1.165, 1.54) is 5.56 Å². The number of alkyl halides is 3. The van der Waals surface area contributed by atoms with Gasteiger partial charge in [-0.1, -0.05) is 30.3 Å². The van der Waals surface area contributed by atoms with Crippen LogP contribution in [0.2, 0.25) is 0 Å². The predicted octanol–water partition coefficient (Wildman–Crippen LogP) is 3.08. The molecule has 0 aliphatic carbocycles. The lowest BCUT2D eigenvalue weighted by molar-refractivity contribution is -0.176. The zero-order chi connectivity index (χ0) is 15.3. The Morgan fingerprint density at radius 2 is 1.76 bits per heavy atom. The molecule has 1 heterocycles. The molecule has 0 aromatic heterocycles. The maximum atomic E-state index is 12.7. The SMILES string of the molecule is NCC(CN1CCC(Cc2ccccc2)CC1)C(F)(F)F. The van der Waals surface area contributed by atoms with Gasteiger partial charge in [-0.05, 0) is 43.8 Å². The Morgan fingerprint density at radius 1 is 1.14 bits per heavy atom. The molecule has 21 heavy (non-hydrogen) atoms. The lowest BCUT2D eigenvalue weighted by Gasteiger charge is -2.34. The van der Waals surface area contributed by atoms with Gasteiger partial charge in [-0.25, -0.2) is 0 Å². The van der Waals surface area contributed by atoms with Crippen molar-refractivity contribution in [2.75, 3.05) is 26.2 Å². The Balaban J connectivity index is 1.78. The lowest BCUT2D eigenvalue weighted by atomic mass is 9.90. The second kappa shape index (κ2) is 7.27. The van der Waals surface area contributed by atoms with Crippen molar-refractivity contribution in [2.24, 2.45) is 17.6 Å². The summed E-state index contributed by atoms with van der Waals surface area (Å²) in [6.07, 6.45) is -1.24. The van der Waals surface area contributed by atoms with E-state index < -0.39 is 12.1 Å². The van der Waals surface area contributed by atoms with Crippen molar-refractivity contribution in [3.8, 4) is 0 Å². The van der Waals surface area contributed by atoms with E-state index in [0.717, 1.165) is 32.4 Å². The number of rotatable bonds is 5. The summed E-state index contributed by atoms with van der Waals surface area (Å²) in [5.41, 5.74) is 6.57. The van der Waals surface area contributed by atoms with Crippen LogP contribution in [0.3, 0.4) is 0 Å². The molecule has 1 unspecified atom stereocenters. The van der Waals surface area contributed by atoms with E-state index >= 15 is 0 Å². The quantitative estimate of drug-likeness (QED) is 0.905. The van der Waals surface area contributed by atoms with E-state index in [9.17, 15) is 13.2 Å². The number of nitrogens with zero attached hydrogens (tertiary/aromatic N) is 1. The number of hydrogen-bond acceptors (Lipinski definition) is 2. The van der Waals surface area contributed by atoms with Gasteiger partial charge in [0.1, 0.15) is 0 Å². The fourth-order valence-corrected chi connectivity index (χ4v) is 2.94. The molecule has 0 spiro atoms. The van der Waals surface area contributed by atoms with Crippen LogP contribution in [0.1, 0.15) is 18.4 Å². The fourth-order valence-electron chi connectivity index (χ4n) is 2.94. The highest BCUT2D eigenvalue weighted by Crippen LogP contribution is 2.28. The molecule has 0 bridgehead atoms. The first-order chi connectivity index (χ1) is 9.99. The van der Waals surface area contributed by atoms with Gasteiger partial charge in [-0.3, -0.25) is 0 Å². The number of likely N-dealkylation sites (tertiary alicyclic amines) is 1. The minimum Gasteiger partial charge on any atom is -0.330 e. The Morgan fingerprint density at radius 3 is 2.29 bits per heavy atom. The molecule has 2 rings (SSSR count). The summed E-state index contributed by atoms with van der Waals surface area (Å²) < 4.78 is 38.2. The highest BCUT2D eigenvalue weighted by Gasteiger charge is 2.39.